The summed E-state index contributed by atoms with van der Waals surface area (Å²) in [5.41, 5.74) is -1.00. The quantitative estimate of drug-likeness (QED) is 0.709. The third-order valence-corrected chi connectivity index (χ3v) is 7.57. The van der Waals surface area contributed by atoms with Crippen LogP contribution in [0.3, 0.4) is 0 Å². The number of sulfonamides is 1. The van der Waals surface area contributed by atoms with Crippen molar-refractivity contribution in [2.45, 2.75) is 36.2 Å². The van der Waals surface area contributed by atoms with E-state index in [-0.39, 0.29) is 36.0 Å². The Balaban J connectivity index is 1.61. The predicted molar refractivity (Wildman–Crippen MR) is 106 cm³/mol. The lowest BCUT2D eigenvalue weighted by atomic mass is 9.95. The Hall–Kier alpha value is -1.89. The monoisotopic (exact) mass is 479 g/mol. The second kappa shape index (κ2) is 8.23. The molecule has 2 saturated heterocycles. The van der Waals surface area contributed by atoms with Gasteiger partial charge in [-0.25, -0.2) is 18.4 Å². The highest BCUT2D eigenvalue weighted by Crippen LogP contribution is 2.37. The van der Waals surface area contributed by atoms with Gasteiger partial charge in [-0.15, -0.1) is 0 Å². The Bertz CT molecular complexity index is 1060. The first-order valence-electron chi connectivity index (χ1n) is 9.64. The molecular weight excluding hydrogens is 459 g/mol. The molecule has 2 fully saturated rings. The third kappa shape index (κ3) is 4.52. The predicted octanol–water partition coefficient (Wildman–Crippen LogP) is 2.77. The molecule has 2 aromatic rings. The number of anilines is 1. The van der Waals surface area contributed by atoms with Crippen molar-refractivity contribution in [1.29, 1.82) is 0 Å². The number of hydrogen-bond acceptors (Lipinski definition) is 6. The maximum absolute atomic E-state index is 13.2. The van der Waals surface area contributed by atoms with Gasteiger partial charge in [-0.2, -0.15) is 17.5 Å². The van der Waals surface area contributed by atoms with Crippen LogP contribution in [0.15, 0.2) is 29.8 Å². The Morgan fingerprint density at radius 1 is 1.29 bits per heavy atom. The van der Waals surface area contributed by atoms with Crippen LogP contribution in [0.25, 0.3) is 0 Å². The van der Waals surface area contributed by atoms with Crippen LogP contribution in [-0.2, 0) is 28.0 Å². The molecule has 3 atom stereocenters. The van der Waals surface area contributed by atoms with Crippen molar-refractivity contribution in [2.75, 3.05) is 25.0 Å². The molecular formula is C18H21ClF3N5O3S. The molecule has 1 N–H and O–H groups in total. The smallest absolute Gasteiger partial charge is 0.378 e. The van der Waals surface area contributed by atoms with Gasteiger partial charge in [-0.05, 0) is 18.9 Å². The van der Waals surface area contributed by atoms with Crippen LogP contribution >= 0.6 is 11.6 Å². The molecule has 0 aromatic carbocycles. The van der Waals surface area contributed by atoms with Gasteiger partial charge in [-0.1, -0.05) is 11.6 Å². The van der Waals surface area contributed by atoms with Gasteiger partial charge in [0.05, 0.1) is 23.0 Å². The van der Waals surface area contributed by atoms with Gasteiger partial charge in [0, 0.05) is 51.1 Å². The van der Waals surface area contributed by atoms with E-state index in [4.69, 9.17) is 16.3 Å². The zero-order valence-electron chi connectivity index (χ0n) is 16.5. The van der Waals surface area contributed by atoms with Crippen LogP contribution in [0.4, 0.5) is 19.0 Å². The molecule has 2 aromatic heterocycles. The summed E-state index contributed by atoms with van der Waals surface area (Å²) in [5, 5.41) is 2.41. The molecule has 1 unspecified atom stereocenters. The van der Waals surface area contributed by atoms with Gasteiger partial charge in [0.1, 0.15) is 5.82 Å². The normalized spacial score (nSPS) is 25.3. The molecule has 170 valence electrons. The minimum atomic E-state index is -4.63. The molecule has 2 aliphatic heterocycles. The van der Waals surface area contributed by atoms with E-state index in [9.17, 15) is 21.6 Å². The van der Waals surface area contributed by atoms with Crippen LogP contribution in [0.2, 0.25) is 5.02 Å². The maximum Gasteiger partial charge on any atom is 0.418 e. The van der Waals surface area contributed by atoms with Crippen LogP contribution in [0.1, 0.15) is 18.4 Å². The fraction of sp³-hybridized carbons (Fsp3) is 0.556. The van der Waals surface area contributed by atoms with E-state index in [2.05, 4.69) is 15.3 Å². The summed E-state index contributed by atoms with van der Waals surface area (Å²) in [6.07, 6.45) is 0.510. The number of rotatable bonds is 5. The number of ether oxygens (including phenoxy) is 1. The molecule has 0 spiro atoms. The number of aryl methyl sites for hydroxylation is 1. The van der Waals surface area contributed by atoms with Crippen molar-refractivity contribution in [3.05, 3.63) is 35.4 Å². The summed E-state index contributed by atoms with van der Waals surface area (Å²) in [5.74, 6) is -0.283. The first kappa shape index (κ1) is 22.3. The van der Waals surface area contributed by atoms with Gasteiger partial charge < -0.3 is 14.6 Å². The van der Waals surface area contributed by atoms with Crippen LogP contribution in [0, 0.1) is 5.92 Å². The number of hydrogen-bond donors (Lipinski definition) is 1. The summed E-state index contributed by atoms with van der Waals surface area (Å²) >= 11 is 5.66. The highest BCUT2D eigenvalue weighted by atomic mass is 35.5. The summed E-state index contributed by atoms with van der Waals surface area (Å²) in [6.45, 7) is 0.786. The van der Waals surface area contributed by atoms with Crippen molar-refractivity contribution < 1.29 is 26.3 Å². The van der Waals surface area contributed by atoms with Gasteiger partial charge >= 0.3 is 6.18 Å². The maximum atomic E-state index is 13.2. The van der Waals surface area contributed by atoms with Crippen molar-refractivity contribution >= 4 is 27.4 Å². The lowest BCUT2D eigenvalue weighted by molar-refractivity contribution is -0.137. The highest BCUT2D eigenvalue weighted by molar-refractivity contribution is 7.89. The van der Waals surface area contributed by atoms with E-state index in [0.717, 1.165) is 25.1 Å². The number of pyridine rings is 1. The van der Waals surface area contributed by atoms with Crippen LogP contribution < -0.4 is 5.32 Å². The number of nitrogens with zero attached hydrogens (tertiary/aromatic N) is 4. The molecule has 4 rings (SSSR count). The lowest BCUT2D eigenvalue weighted by Crippen LogP contribution is -2.36. The lowest BCUT2D eigenvalue weighted by Gasteiger charge is -2.25. The Kier molecular flexibility index (Phi) is 5.92. The van der Waals surface area contributed by atoms with Crippen LogP contribution in [-0.4, -0.2) is 59.1 Å². The summed E-state index contributed by atoms with van der Waals surface area (Å²) in [4.78, 5) is 7.90. The SMILES string of the molecule is Cn1cnc(S(=O)(=O)N2C[C@@H](Nc3cc(C(F)(F)F)c(Cl)cn3)[C@H](C3CCCO3)C2)c1. The van der Waals surface area contributed by atoms with Gasteiger partial charge in [-0.3, -0.25) is 0 Å². The Morgan fingerprint density at radius 3 is 2.68 bits per heavy atom. The fourth-order valence-corrected chi connectivity index (χ4v) is 5.72. The highest BCUT2D eigenvalue weighted by Gasteiger charge is 2.45. The van der Waals surface area contributed by atoms with E-state index in [1.165, 1.54) is 21.4 Å². The van der Waals surface area contributed by atoms with Crippen molar-refractivity contribution in [2.24, 2.45) is 13.0 Å². The van der Waals surface area contributed by atoms with E-state index in [1.807, 2.05) is 0 Å². The largest absolute Gasteiger partial charge is 0.418 e. The molecule has 4 heterocycles. The van der Waals surface area contributed by atoms with Gasteiger partial charge in [0.2, 0.25) is 0 Å². The second-order valence-electron chi connectivity index (χ2n) is 7.71. The molecule has 31 heavy (non-hydrogen) atoms. The minimum Gasteiger partial charge on any atom is -0.378 e. The van der Waals surface area contributed by atoms with E-state index < -0.39 is 32.8 Å². The van der Waals surface area contributed by atoms with E-state index in [1.54, 1.807) is 7.05 Å². The zero-order chi connectivity index (χ0) is 22.4. The second-order valence-corrected chi connectivity index (χ2v) is 10.0. The molecule has 0 bridgehead atoms. The van der Waals surface area contributed by atoms with Crippen molar-refractivity contribution in [1.82, 2.24) is 18.8 Å². The van der Waals surface area contributed by atoms with E-state index in [0.29, 0.717) is 6.61 Å². The Morgan fingerprint density at radius 2 is 2.06 bits per heavy atom. The third-order valence-electron chi connectivity index (χ3n) is 5.55. The number of alkyl halides is 3. The van der Waals surface area contributed by atoms with Crippen molar-refractivity contribution in [3.8, 4) is 0 Å². The van der Waals surface area contributed by atoms with Gasteiger partial charge in [0.15, 0.2) is 5.03 Å². The topological polar surface area (TPSA) is 89.4 Å². The average molecular weight is 480 g/mol. The molecule has 13 heteroatoms. The molecule has 0 saturated carbocycles. The average Bonchev–Trinajstić information content (AvgIpc) is 3.42. The van der Waals surface area contributed by atoms with E-state index >= 15 is 0 Å². The van der Waals surface area contributed by atoms with Gasteiger partial charge in [0.25, 0.3) is 10.0 Å². The number of halogens is 4. The summed E-state index contributed by atoms with van der Waals surface area (Å²) in [6, 6.07) is 0.349. The standard InChI is InChI=1S/C18H21ClF3N5O3S/c1-26-9-17(24-10-26)31(28,29)27-7-11(15-3-2-4-30-15)14(8-27)25-16-5-12(18(20,21)22)13(19)6-23-16/h5-6,9-11,14-15H,2-4,7-8H2,1H3,(H,23,25)/t11-,14-,15?/m1/s1. The number of aromatic nitrogens is 3. The first-order valence-corrected chi connectivity index (χ1v) is 11.5. The molecule has 8 nitrogen and oxygen atoms in total. The fourth-order valence-electron chi connectivity index (χ4n) is 4.04. The molecule has 0 aliphatic carbocycles. The number of nitrogens with one attached hydrogen (secondary N) is 1. The summed E-state index contributed by atoms with van der Waals surface area (Å²) < 4.78 is 74.3. The molecule has 0 radical (unpaired) electrons. The molecule has 0 amide bonds. The summed E-state index contributed by atoms with van der Waals surface area (Å²) in [7, 11) is -2.19. The minimum absolute atomic E-state index is 0.0261. The van der Waals surface area contributed by atoms with Crippen LogP contribution in [0.5, 0.6) is 0 Å². The van der Waals surface area contributed by atoms with Crippen molar-refractivity contribution in [3.63, 3.8) is 0 Å². The zero-order valence-corrected chi connectivity index (χ0v) is 18.1. The first-order chi connectivity index (χ1) is 14.6. The Labute approximate surface area is 182 Å². The molecule has 2 aliphatic rings. The number of imidazole rings is 1.